The molecule has 0 aliphatic carbocycles. The summed E-state index contributed by atoms with van der Waals surface area (Å²) in [7, 11) is 0. The standard InChI is InChI=1S/C16H18N2O2/c17-10-14(11-3-6-18-7-4-11)16(19)13-1-2-15-12(9-13)5-8-20-15/h1-4,6-7,9,14,16,19H,5,8,10,17H2. The van der Waals surface area contributed by atoms with Crippen molar-refractivity contribution in [2.24, 2.45) is 5.73 Å². The summed E-state index contributed by atoms with van der Waals surface area (Å²) >= 11 is 0. The first kappa shape index (κ1) is 13.1. The van der Waals surface area contributed by atoms with Crippen LogP contribution < -0.4 is 10.5 Å². The second-order valence-electron chi connectivity index (χ2n) is 5.03. The minimum Gasteiger partial charge on any atom is -0.493 e. The Morgan fingerprint density at radius 2 is 2.00 bits per heavy atom. The van der Waals surface area contributed by atoms with Gasteiger partial charge in [0.25, 0.3) is 0 Å². The number of nitrogens with zero attached hydrogens (tertiary/aromatic N) is 1. The van der Waals surface area contributed by atoms with Crippen LogP contribution in [0.3, 0.4) is 0 Å². The number of ether oxygens (including phenoxy) is 1. The van der Waals surface area contributed by atoms with Gasteiger partial charge in [-0.15, -0.1) is 0 Å². The van der Waals surface area contributed by atoms with Crippen LogP contribution in [-0.4, -0.2) is 23.2 Å². The van der Waals surface area contributed by atoms with E-state index in [1.54, 1.807) is 12.4 Å². The van der Waals surface area contributed by atoms with Crippen molar-refractivity contribution >= 4 is 0 Å². The number of benzene rings is 1. The Kier molecular flexibility index (Phi) is 3.67. The average Bonchev–Trinajstić information content (AvgIpc) is 2.96. The molecule has 4 nitrogen and oxygen atoms in total. The zero-order valence-corrected chi connectivity index (χ0v) is 11.2. The third-order valence-electron chi connectivity index (χ3n) is 3.82. The van der Waals surface area contributed by atoms with Crippen molar-refractivity contribution in [1.29, 1.82) is 0 Å². The second kappa shape index (κ2) is 5.61. The van der Waals surface area contributed by atoms with Crippen molar-refractivity contribution in [2.75, 3.05) is 13.2 Å². The predicted molar refractivity (Wildman–Crippen MR) is 76.6 cm³/mol. The highest BCUT2D eigenvalue weighted by Crippen LogP contribution is 2.34. The Labute approximate surface area is 118 Å². The summed E-state index contributed by atoms with van der Waals surface area (Å²) in [5.74, 6) is 0.799. The Morgan fingerprint density at radius 1 is 1.20 bits per heavy atom. The molecule has 1 aliphatic heterocycles. The third-order valence-corrected chi connectivity index (χ3v) is 3.82. The van der Waals surface area contributed by atoms with E-state index >= 15 is 0 Å². The number of fused-ring (bicyclic) bond motifs is 1. The molecule has 0 saturated carbocycles. The van der Waals surface area contributed by atoms with E-state index in [0.29, 0.717) is 6.54 Å². The molecule has 0 saturated heterocycles. The fourth-order valence-electron chi connectivity index (χ4n) is 2.68. The molecule has 2 heterocycles. The smallest absolute Gasteiger partial charge is 0.122 e. The summed E-state index contributed by atoms with van der Waals surface area (Å²) in [5.41, 5.74) is 8.91. The monoisotopic (exact) mass is 270 g/mol. The van der Waals surface area contributed by atoms with Crippen molar-refractivity contribution in [2.45, 2.75) is 18.4 Å². The number of hydrogen-bond donors (Lipinski definition) is 2. The molecule has 0 fully saturated rings. The summed E-state index contributed by atoms with van der Waals surface area (Å²) < 4.78 is 5.49. The van der Waals surface area contributed by atoms with Crippen LogP contribution in [-0.2, 0) is 6.42 Å². The van der Waals surface area contributed by atoms with E-state index in [-0.39, 0.29) is 5.92 Å². The topological polar surface area (TPSA) is 68.4 Å². The lowest BCUT2D eigenvalue weighted by atomic mass is 9.89. The van der Waals surface area contributed by atoms with Gasteiger partial charge < -0.3 is 15.6 Å². The SMILES string of the molecule is NCC(c1ccncc1)C(O)c1ccc2c(c1)CCO2. The number of nitrogens with two attached hydrogens (primary N) is 1. The Hall–Kier alpha value is -1.91. The first-order valence-corrected chi connectivity index (χ1v) is 6.83. The van der Waals surface area contributed by atoms with Crippen LogP contribution in [0.15, 0.2) is 42.7 Å². The van der Waals surface area contributed by atoms with Crippen LogP contribution >= 0.6 is 0 Å². The van der Waals surface area contributed by atoms with Crippen LogP contribution in [0.5, 0.6) is 5.75 Å². The number of pyridine rings is 1. The van der Waals surface area contributed by atoms with Crippen LogP contribution in [0.25, 0.3) is 0 Å². The van der Waals surface area contributed by atoms with Gasteiger partial charge in [0.15, 0.2) is 0 Å². The molecule has 3 rings (SSSR count). The van der Waals surface area contributed by atoms with Crippen LogP contribution in [0.4, 0.5) is 0 Å². The predicted octanol–water partition coefficient (Wildman–Crippen LogP) is 1.79. The number of rotatable bonds is 4. The maximum absolute atomic E-state index is 10.6. The summed E-state index contributed by atoms with van der Waals surface area (Å²) in [5, 5.41) is 10.6. The third kappa shape index (κ3) is 2.40. The van der Waals surface area contributed by atoms with Gasteiger partial charge in [0.1, 0.15) is 5.75 Å². The average molecular weight is 270 g/mol. The van der Waals surface area contributed by atoms with Crippen LogP contribution in [0, 0.1) is 0 Å². The number of aliphatic hydroxyl groups excluding tert-OH is 1. The number of aliphatic hydroxyl groups is 1. The van der Waals surface area contributed by atoms with E-state index in [1.165, 1.54) is 0 Å². The lowest BCUT2D eigenvalue weighted by Crippen LogP contribution is -2.20. The van der Waals surface area contributed by atoms with E-state index in [4.69, 9.17) is 10.5 Å². The Balaban J connectivity index is 1.89. The van der Waals surface area contributed by atoms with Gasteiger partial charge in [-0.3, -0.25) is 4.98 Å². The molecular weight excluding hydrogens is 252 g/mol. The van der Waals surface area contributed by atoms with Crippen LogP contribution in [0.2, 0.25) is 0 Å². The highest BCUT2D eigenvalue weighted by molar-refractivity contribution is 5.41. The summed E-state index contributed by atoms with van der Waals surface area (Å²) in [4.78, 5) is 4.00. The van der Waals surface area contributed by atoms with E-state index in [1.807, 2.05) is 30.3 Å². The summed E-state index contributed by atoms with van der Waals surface area (Å²) in [6.07, 6.45) is 3.73. The second-order valence-corrected chi connectivity index (χ2v) is 5.03. The van der Waals surface area contributed by atoms with Gasteiger partial charge >= 0.3 is 0 Å². The van der Waals surface area contributed by atoms with Crippen molar-refractivity contribution in [3.63, 3.8) is 0 Å². The van der Waals surface area contributed by atoms with Gasteiger partial charge in [0.05, 0.1) is 12.7 Å². The Morgan fingerprint density at radius 3 is 2.75 bits per heavy atom. The molecule has 0 amide bonds. The number of hydrogen-bond acceptors (Lipinski definition) is 4. The van der Waals surface area contributed by atoms with Crippen molar-refractivity contribution in [3.8, 4) is 5.75 Å². The first-order valence-electron chi connectivity index (χ1n) is 6.83. The maximum Gasteiger partial charge on any atom is 0.122 e. The lowest BCUT2D eigenvalue weighted by Gasteiger charge is -2.22. The molecule has 1 aromatic carbocycles. The van der Waals surface area contributed by atoms with E-state index in [2.05, 4.69) is 4.98 Å². The van der Waals surface area contributed by atoms with E-state index in [0.717, 1.165) is 35.5 Å². The molecule has 3 N–H and O–H groups in total. The molecule has 2 unspecified atom stereocenters. The van der Waals surface area contributed by atoms with Crippen molar-refractivity contribution < 1.29 is 9.84 Å². The van der Waals surface area contributed by atoms with Gasteiger partial charge in [-0.05, 0) is 41.0 Å². The highest BCUT2D eigenvalue weighted by Gasteiger charge is 2.23. The zero-order chi connectivity index (χ0) is 13.9. The van der Waals surface area contributed by atoms with Crippen molar-refractivity contribution in [1.82, 2.24) is 4.98 Å². The largest absolute Gasteiger partial charge is 0.493 e. The molecule has 0 spiro atoms. The first-order chi connectivity index (χ1) is 9.79. The fourth-order valence-corrected chi connectivity index (χ4v) is 2.68. The molecule has 20 heavy (non-hydrogen) atoms. The van der Waals surface area contributed by atoms with E-state index in [9.17, 15) is 5.11 Å². The Bertz CT molecular complexity index is 586. The molecule has 104 valence electrons. The molecule has 1 aliphatic rings. The highest BCUT2D eigenvalue weighted by atomic mass is 16.5. The molecule has 2 aromatic rings. The maximum atomic E-state index is 10.6. The lowest BCUT2D eigenvalue weighted by molar-refractivity contribution is 0.147. The van der Waals surface area contributed by atoms with Gasteiger partial charge in [0, 0.05) is 31.3 Å². The van der Waals surface area contributed by atoms with Gasteiger partial charge in [-0.1, -0.05) is 6.07 Å². The van der Waals surface area contributed by atoms with Gasteiger partial charge in [0.2, 0.25) is 0 Å². The quantitative estimate of drug-likeness (QED) is 0.888. The normalized spacial score (nSPS) is 16.3. The molecule has 1 aromatic heterocycles. The summed E-state index contributed by atoms with van der Waals surface area (Å²) in [6, 6.07) is 9.67. The van der Waals surface area contributed by atoms with E-state index < -0.39 is 6.10 Å². The molecule has 2 atom stereocenters. The molecular formula is C16H18N2O2. The van der Waals surface area contributed by atoms with Crippen molar-refractivity contribution in [3.05, 3.63) is 59.4 Å². The molecule has 4 heteroatoms. The molecule has 0 bridgehead atoms. The molecule has 0 radical (unpaired) electrons. The van der Waals surface area contributed by atoms with Gasteiger partial charge in [-0.2, -0.15) is 0 Å². The fraction of sp³-hybridized carbons (Fsp3) is 0.312. The minimum absolute atomic E-state index is 0.127. The van der Waals surface area contributed by atoms with Crippen LogP contribution in [0.1, 0.15) is 28.7 Å². The minimum atomic E-state index is -0.617. The number of aromatic nitrogens is 1. The van der Waals surface area contributed by atoms with Gasteiger partial charge in [-0.25, -0.2) is 0 Å². The summed E-state index contributed by atoms with van der Waals surface area (Å²) in [6.45, 7) is 1.11. The zero-order valence-electron chi connectivity index (χ0n) is 11.2.